The minimum atomic E-state index is -0.761. The zero-order chi connectivity index (χ0) is 9.84. The second kappa shape index (κ2) is 3.65. The number of hydrogen-bond donors (Lipinski definition) is 0. The fourth-order valence-electron chi connectivity index (χ4n) is 0.650. The van der Waals surface area contributed by atoms with E-state index in [9.17, 15) is 14.9 Å². The number of carbonyl (C=O) groups excluding carboxylic acids is 1. The van der Waals surface area contributed by atoms with E-state index in [0.29, 0.717) is 0 Å². The Hall–Kier alpha value is -1.92. The van der Waals surface area contributed by atoms with E-state index >= 15 is 0 Å². The van der Waals surface area contributed by atoms with Crippen LogP contribution in [0.1, 0.15) is 17.5 Å². The largest absolute Gasteiger partial charge is 0.460 e. The summed E-state index contributed by atoms with van der Waals surface area (Å²) in [7, 11) is 0. The van der Waals surface area contributed by atoms with Crippen LogP contribution in [0, 0.1) is 10.1 Å². The van der Waals surface area contributed by atoms with Gasteiger partial charge in [-0.15, -0.1) is 0 Å². The molecule has 0 aliphatic rings. The van der Waals surface area contributed by atoms with Gasteiger partial charge in [-0.2, -0.15) is 0 Å². The zero-order valence-electron chi connectivity index (χ0n) is 6.72. The molecule has 1 heterocycles. The van der Waals surface area contributed by atoms with Crippen LogP contribution in [0.2, 0.25) is 0 Å². The standard InChI is InChI=1S/C6H6N2O5/c1-2-12-6(9)4-3-5(7-13-4)8(10)11/h3H,2H2,1H3. The molecule has 0 aliphatic heterocycles. The predicted molar refractivity (Wildman–Crippen MR) is 39.1 cm³/mol. The van der Waals surface area contributed by atoms with Gasteiger partial charge in [0.05, 0.1) is 12.7 Å². The summed E-state index contributed by atoms with van der Waals surface area (Å²) in [4.78, 5) is 20.3. The Labute approximate surface area is 72.4 Å². The normalized spacial score (nSPS) is 9.62. The molecule has 0 atom stereocenters. The summed E-state index contributed by atoms with van der Waals surface area (Å²) < 4.78 is 8.90. The van der Waals surface area contributed by atoms with Crippen LogP contribution in [0.3, 0.4) is 0 Å². The number of nitro groups is 1. The lowest BCUT2D eigenvalue weighted by Gasteiger charge is -1.92. The minimum Gasteiger partial charge on any atom is -0.460 e. The van der Waals surface area contributed by atoms with Gasteiger partial charge >= 0.3 is 11.8 Å². The lowest BCUT2D eigenvalue weighted by molar-refractivity contribution is -0.390. The predicted octanol–water partition coefficient (Wildman–Crippen LogP) is 0.759. The van der Waals surface area contributed by atoms with Gasteiger partial charge in [0.15, 0.2) is 5.16 Å². The maximum atomic E-state index is 10.9. The summed E-state index contributed by atoms with van der Waals surface area (Å²) in [6, 6.07) is 0.915. The molecule has 70 valence electrons. The molecule has 0 spiro atoms. The van der Waals surface area contributed by atoms with E-state index in [0.717, 1.165) is 6.07 Å². The van der Waals surface area contributed by atoms with Gasteiger partial charge in [0.1, 0.15) is 0 Å². The van der Waals surface area contributed by atoms with Crippen molar-refractivity contribution >= 4 is 11.8 Å². The van der Waals surface area contributed by atoms with Crippen molar-refractivity contribution in [2.24, 2.45) is 0 Å². The highest BCUT2D eigenvalue weighted by molar-refractivity contribution is 5.86. The average Bonchev–Trinajstić information content (AvgIpc) is 2.52. The zero-order valence-corrected chi connectivity index (χ0v) is 6.72. The van der Waals surface area contributed by atoms with Crippen LogP contribution in [0.5, 0.6) is 0 Å². The van der Waals surface area contributed by atoms with Crippen molar-refractivity contribution in [1.82, 2.24) is 5.16 Å². The summed E-state index contributed by atoms with van der Waals surface area (Å²) in [5, 5.41) is 13.2. The van der Waals surface area contributed by atoms with Gasteiger partial charge in [0, 0.05) is 0 Å². The number of carbonyl (C=O) groups is 1. The number of hydrogen-bond acceptors (Lipinski definition) is 6. The van der Waals surface area contributed by atoms with Crippen LogP contribution in [-0.2, 0) is 4.74 Å². The van der Waals surface area contributed by atoms with Crippen molar-refractivity contribution in [2.75, 3.05) is 6.61 Å². The number of rotatable bonds is 3. The van der Waals surface area contributed by atoms with Crippen molar-refractivity contribution in [3.8, 4) is 0 Å². The van der Waals surface area contributed by atoms with Gasteiger partial charge < -0.3 is 14.9 Å². The van der Waals surface area contributed by atoms with E-state index in [-0.39, 0.29) is 12.4 Å². The van der Waals surface area contributed by atoms with Gasteiger partial charge in [-0.3, -0.25) is 0 Å². The molecule has 0 saturated heterocycles. The summed E-state index contributed by atoms with van der Waals surface area (Å²) >= 11 is 0. The monoisotopic (exact) mass is 186 g/mol. The lowest BCUT2D eigenvalue weighted by Crippen LogP contribution is -2.02. The van der Waals surface area contributed by atoms with Crippen LogP contribution < -0.4 is 0 Å². The minimum absolute atomic E-state index is 0.174. The number of esters is 1. The molecule has 0 radical (unpaired) electrons. The van der Waals surface area contributed by atoms with Crippen molar-refractivity contribution in [3.63, 3.8) is 0 Å². The van der Waals surface area contributed by atoms with Crippen molar-refractivity contribution in [2.45, 2.75) is 6.92 Å². The highest BCUT2D eigenvalue weighted by atomic mass is 16.6. The summed E-state index contributed by atoms with van der Waals surface area (Å²) in [5.41, 5.74) is 0. The maximum Gasteiger partial charge on any atom is 0.414 e. The molecule has 0 saturated carbocycles. The first kappa shape index (κ1) is 9.17. The van der Waals surface area contributed by atoms with E-state index in [1.165, 1.54) is 0 Å². The smallest absolute Gasteiger partial charge is 0.414 e. The summed E-state index contributed by atoms with van der Waals surface area (Å²) in [5.74, 6) is -1.54. The topological polar surface area (TPSA) is 95.5 Å². The average molecular weight is 186 g/mol. The number of nitrogens with zero attached hydrogens (tertiary/aromatic N) is 2. The fraction of sp³-hybridized carbons (Fsp3) is 0.333. The number of aromatic nitrogens is 1. The molecule has 1 aromatic heterocycles. The molecule has 7 nitrogen and oxygen atoms in total. The van der Waals surface area contributed by atoms with Gasteiger partial charge in [0.2, 0.25) is 0 Å². The quantitative estimate of drug-likeness (QED) is 0.392. The molecule has 1 aromatic rings. The Morgan fingerprint density at radius 1 is 1.85 bits per heavy atom. The molecule has 0 bridgehead atoms. The third-order valence-corrected chi connectivity index (χ3v) is 1.16. The van der Waals surface area contributed by atoms with Crippen LogP contribution in [0.25, 0.3) is 0 Å². The second-order valence-electron chi connectivity index (χ2n) is 2.03. The van der Waals surface area contributed by atoms with Crippen molar-refractivity contribution < 1.29 is 19.0 Å². The molecule has 0 unspecified atom stereocenters. The second-order valence-corrected chi connectivity index (χ2v) is 2.03. The maximum absolute atomic E-state index is 10.9. The van der Waals surface area contributed by atoms with Gasteiger partial charge in [-0.05, 0) is 11.8 Å². The number of ether oxygens (including phenoxy) is 1. The highest BCUT2D eigenvalue weighted by Crippen LogP contribution is 2.11. The molecule has 1 rings (SSSR count). The van der Waals surface area contributed by atoms with Crippen LogP contribution in [0.4, 0.5) is 5.82 Å². The van der Waals surface area contributed by atoms with E-state index in [4.69, 9.17) is 0 Å². The molecule has 0 aliphatic carbocycles. The fourth-order valence-corrected chi connectivity index (χ4v) is 0.650. The van der Waals surface area contributed by atoms with Crippen molar-refractivity contribution in [3.05, 3.63) is 21.9 Å². The Bertz CT molecular complexity index is 332. The Morgan fingerprint density at radius 3 is 3.00 bits per heavy atom. The Balaban J connectivity index is 2.79. The van der Waals surface area contributed by atoms with E-state index < -0.39 is 16.7 Å². The van der Waals surface area contributed by atoms with Gasteiger partial charge in [-0.25, -0.2) is 9.32 Å². The third-order valence-electron chi connectivity index (χ3n) is 1.16. The highest BCUT2D eigenvalue weighted by Gasteiger charge is 2.21. The Kier molecular flexibility index (Phi) is 2.58. The first-order valence-electron chi connectivity index (χ1n) is 3.43. The molecule has 0 N–H and O–H groups in total. The van der Waals surface area contributed by atoms with Crippen LogP contribution >= 0.6 is 0 Å². The third kappa shape index (κ3) is 2.01. The van der Waals surface area contributed by atoms with E-state index in [2.05, 4.69) is 14.4 Å². The van der Waals surface area contributed by atoms with E-state index in [1.54, 1.807) is 6.92 Å². The van der Waals surface area contributed by atoms with Crippen LogP contribution in [-0.4, -0.2) is 22.7 Å². The molecule has 13 heavy (non-hydrogen) atoms. The summed E-state index contributed by atoms with van der Waals surface area (Å²) in [6.45, 7) is 1.79. The lowest BCUT2D eigenvalue weighted by atomic mass is 10.4. The molecule has 0 aromatic carbocycles. The first-order chi connectivity index (χ1) is 6.15. The van der Waals surface area contributed by atoms with E-state index in [1.807, 2.05) is 0 Å². The Morgan fingerprint density at radius 2 is 2.54 bits per heavy atom. The molecule has 0 fully saturated rings. The van der Waals surface area contributed by atoms with Crippen LogP contribution in [0.15, 0.2) is 10.6 Å². The molecular weight excluding hydrogens is 180 g/mol. The SMILES string of the molecule is CCOC(=O)c1cc([N+](=O)[O-])no1. The first-order valence-corrected chi connectivity index (χ1v) is 3.43. The van der Waals surface area contributed by atoms with Gasteiger partial charge in [0.25, 0.3) is 5.76 Å². The molecule has 7 heteroatoms. The van der Waals surface area contributed by atoms with Gasteiger partial charge in [-0.1, -0.05) is 0 Å². The van der Waals surface area contributed by atoms with Crippen molar-refractivity contribution in [1.29, 1.82) is 0 Å². The molecular formula is C6H6N2O5. The summed E-state index contributed by atoms with van der Waals surface area (Å²) in [6.07, 6.45) is 0. The molecule has 0 amide bonds.